The van der Waals surface area contributed by atoms with E-state index >= 15 is 0 Å². The summed E-state index contributed by atoms with van der Waals surface area (Å²) in [6, 6.07) is 8.64. The SMILES string of the molecule is C=C(CC(=O)Nc1cccnc1)NNC(=O)c1cccc([N+](=O)[O-])c1. The molecule has 0 fully saturated rings. The van der Waals surface area contributed by atoms with Gasteiger partial charge in [0.1, 0.15) is 0 Å². The van der Waals surface area contributed by atoms with Crippen LogP contribution in [-0.4, -0.2) is 21.7 Å². The van der Waals surface area contributed by atoms with E-state index < -0.39 is 10.8 Å². The number of amides is 2. The summed E-state index contributed by atoms with van der Waals surface area (Å²) in [5, 5.41) is 13.3. The Morgan fingerprint density at radius 3 is 2.68 bits per heavy atom. The lowest BCUT2D eigenvalue weighted by atomic mass is 10.2. The van der Waals surface area contributed by atoms with E-state index in [4.69, 9.17) is 0 Å². The maximum Gasteiger partial charge on any atom is 0.270 e. The Morgan fingerprint density at radius 2 is 2.00 bits per heavy atom. The number of hydrogen-bond acceptors (Lipinski definition) is 6. The second-order valence-electron chi connectivity index (χ2n) is 4.96. The molecule has 3 N–H and O–H groups in total. The van der Waals surface area contributed by atoms with Gasteiger partial charge in [-0.25, -0.2) is 0 Å². The molecule has 0 aliphatic carbocycles. The summed E-state index contributed by atoms with van der Waals surface area (Å²) in [6.07, 6.45) is 3.00. The summed E-state index contributed by atoms with van der Waals surface area (Å²) in [5.74, 6) is -0.924. The van der Waals surface area contributed by atoms with Crippen LogP contribution < -0.4 is 16.2 Å². The number of benzene rings is 1. The minimum absolute atomic E-state index is 0.0793. The Bertz CT molecular complexity index is 807. The highest BCUT2D eigenvalue weighted by Gasteiger charge is 2.12. The third-order valence-electron chi connectivity index (χ3n) is 2.99. The molecule has 128 valence electrons. The van der Waals surface area contributed by atoms with Crippen molar-refractivity contribution in [2.45, 2.75) is 6.42 Å². The first kappa shape index (κ1) is 17.6. The molecule has 2 rings (SSSR count). The van der Waals surface area contributed by atoms with Crippen molar-refractivity contribution in [3.63, 3.8) is 0 Å². The van der Waals surface area contributed by atoms with Gasteiger partial charge in [0.15, 0.2) is 0 Å². The normalized spacial score (nSPS) is 9.76. The zero-order valence-corrected chi connectivity index (χ0v) is 13.1. The molecule has 0 atom stereocenters. The molecule has 25 heavy (non-hydrogen) atoms. The Labute approximate surface area is 142 Å². The number of carbonyl (C=O) groups is 2. The number of nitrogens with one attached hydrogen (secondary N) is 3. The smallest absolute Gasteiger partial charge is 0.270 e. The minimum atomic E-state index is -0.591. The number of nitrogens with zero attached hydrogens (tertiary/aromatic N) is 2. The molecule has 0 aliphatic heterocycles. The maximum atomic E-state index is 12.0. The molecule has 1 heterocycles. The summed E-state index contributed by atoms with van der Waals surface area (Å²) < 4.78 is 0. The molecule has 9 nitrogen and oxygen atoms in total. The summed E-state index contributed by atoms with van der Waals surface area (Å²) in [6.45, 7) is 3.64. The standard InChI is InChI=1S/C16H15N5O4/c1-11(8-15(22)18-13-5-3-7-17-10-13)19-20-16(23)12-4-2-6-14(9-12)21(24)25/h2-7,9-10,19H,1,8H2,(H,18,22)(H,20,23). The van der Waals surface area contributed by atoms with E-state index in [9.17, 15) is 19.7 Å². The van der Waals surface area contributed by atoms with Crippen molar-refractivity contribution < 1.29 is 14.5 Å². The van der Waals surface area contributed by atoms with Crippen LogP contribution in [-0.2, 0) is 4.79 Å². The number of carbonyl (C=O) groups excluding carboxylic acids is 2. The van der Waals surface area contributed by atoms with Crippen LogP contribution in [0.2, 0.25) is 0 Å². The maximum absolute atomic E-state index is 12.0. The number of hydrogen-bond donors (Lipinski definition) is 3. The number of aromatic nitrogens is 1. The number of nitro benzene ring substituents is 1. The van der Waals surface area contributed by atoms with E-state index in [-0.39, 0.29) is 29.3 Å². The largest absolute Gasteiger partial charge is 0.324 e. The van der Waals surface area contributed by atoms with Gasteiger partial charge in [-0.15, -0.1) is 0 Å². The zero-order chi connectivity index (χ0) is 18.2. The molecule has 0 aliphatic rings. The monoisotopic (exact) mass is 341 g/mol. The number of pyridine rings is 1. The summed E-state index contributed by atoms with van der Waals surface area (Å²) in [5.41, 5.74) is 5.54. The Kier molecular flexibility index (Phi) is 5.77. The molecule has 0 saturated heterocycles. The van der Waals surface area contributed by atoms with Crippen LogP contribution in [0.1, 0.15) is 16.8 Å². The van der Waals surface area contributed by atoms with Gasteiger partial charge in [-0.05, 0) is 18.2 Å². The lowest BCUT2D eigenvalue weighted by molar-refractivity contribution is -0.384. The highest BCUT2D eigenvalue weighted by molar-refractivity contribution is 5.95. The fraction of sp³-hybridized carbons (Fsp3) is 0.0625. The van der Waals surface area contributed by atoms with Crippen LogP contribution in [0.15, 0.2) is 61.1 Å². The van der Waals surface area contributed by atoms with Gasteiger partial charge in [-0.2, -0.15) is 0 Å². The summed E-state index contributed by atoms with van der Waals surface area (Å²) >= 11 is 0. The molecular formula is C16H15N5O4. The van der Waals surface area contributed by atoms with Crippen molar-refractivity contribution in [3.8, 4) is 0 Å². The average Bonchev–Trinajstić information content (AvgIpc) is 2.60. The highest BCUT2D eigenvalue weighted by atomic mass is 16.6. The van der Waals surface area contributed by atoms with Crippen molar-refractivity contribution in [1.29, 1.82) is 0 Å². The molecule has 0 spiro atoms. The molecule has 1 aromatic carbocycles. The molecule has 0 saturated carbocycles. The fourth-order valence-corrected chi connectivity index (χ4v) is 1.86. The molecule has 0 unspecified atom stereocenters. The molecular weight excluding hydrogens is 326 g/mol. The minimum Gasteiger partial charge on any atom is -0.324 e. The van der Waals surface area contributed by atoms with Crippen LogP contribution in [0.25, 0.3) is 0 Å². The molecule has 2 amide bonds. The predicted octanol–water partition coefficient (Wildman–Crippen LogP) is 1.77. The number of non-ortho nitro benzene ring substituents is 1. The third kappa shape index (κ3) is 5.43. The van der Waals surface area contributed by atoms with Crippen LogP contribution in [0.3, 0.4) is 0 Å². The van der Waals surface area contributed by atoms with Crippen molar-refractivity contribution >= 4 is 23.2 Å². The Balaban J connectivity index is 1.83. The zero-order valence-electron chi connectivity index (χ0n) is 13.1. The van der Waals surface area contributed by atoms with Crippen LogP contribution in [0.4, 0.5) is 11.4 Å². The first-order valence-corrected chi connectivity index (χ1v) is 7.14. The van der Waals surface area contributed by atoms with Crippen molar-refractivity contribution in [2.75, 3.05) is 5.32 Å². The van der Waals surface area contributed by atoms with Gasteiger partial charge >= 0.3 is 0 Å². The molecule has 2 aromatic rings. The van der Waals surface area contributed by atoms with Gasteiger partial charge in [0.05, 0.1) is 23.2 Å². The molecule has 0 bridgehead atoms. The van der Waals surface area contributed by atoms with Gasteiger partial charge in [-0.3, -0.25) is 30.1 Å². The van der Waals surface area contributed by atoms with Gasteiger partial charge in [0.2, 0.25) is 5.91 Å². The van der Waals surface area contributed by atoms with E-state index in [2.05, 4.69) is 27.7 Å². The number of anilines is 1. The first-order chi connectivity index (χ1) is 12.0. The molecule has 0 radical (unpaired) electrons. The number of nitro groups is 1. The Morgan fingerprint density at radius 1 is 1.20 bits per heavy atom. The van der Waals surface area contributed by atoms with Gasteiger partial charge in [0.25, 0.3) is 11.6 Å². The predicted molar refractivity (Wildman–Crippen MR) is 90.3 cm³/mol. The Hall–Kier alpha value is -3.75. The topological polar surface area (TPSA) is 126 Å². The molecule has 1 aromatic heterocycles. The fourth-order valence-electron chi connectivity index (χ4n) is 1.86. The van der Waals surface area contributed by atoms with Crippen molar-refractivity contribution in [1.82, 2.24) is 15.8 Å². The van der Waals surface area contributed by atoms with E-state index in [1.54, 1.807) is 18.3 Å². The van der Waals surface area contributed by atoms with Gasteiger partial charge < -0.3 is 10.7 Å². The number of hydrazine groups is 1. The number of rotatable bonds is 7. The second kappa shape index (κ2) is 8.20. The van der Waals surface area contributed by atoms with Gasteiger partial charge in [-0.1, -0.05) is 12.6 Å². The van der Waals surface area contributed by atoms with Crippen LogP contribution in [0, 0.1) is 10.1 Å². The van der Waals surface area contributed by atoms with E-state index in [1.165, 1.54) is 24.4 Å². The first-order valence-electron chi connectivity index (χ1n) is 7.14. The lowest BCUT2D eigenvalue weighted by Gasteiger charge is -2.11. The quantitative estimate of drug-likeness (QED) is 0.520. The summed E-state index contributed by atoms with van der Waals surface area (Å²) in [7, 11) is 0. The lowest BCUT2D eigenvalue weighted by Crippen LogP contribution is -2.37. The van der Waals surface area contributed by atoms with Crippen molar-refractivity contribution in [2.24, 2.45) is 0 Å². The molecule has 9 heteroatoms. The third-order valence-corrected chi connectivity index (χ3v) is 2.99. The van der Waals surface area contributed by atoms with E-state index in [0.717, 1.165) is 6.07 Å². The van der Waals surface area contributed by atoms with Gasteiger partial charge in [0, 0.05) is 29.6 Å². The summed E-state index contributed by atoms with van der Waals surface area (Å²) in [4.78, 5) is 37.8. The van der Waals surface area contributed by atoms with E-state index in [1.807, 2.05) is 0 Å². The van der Waals surface area contributed by atoms with E-state index in [0.29, 0.717) is 5.69 Å². The van der Waals surface area contributed by atoms with Crippen molar-refractivity contribution in [3.05, 3.63) is 76.7 Å². The average molecular weight is 341 g/mol. The van der Waals surface area contributed by atoms with Crippen LogP contribution >= 0.6 is 0 Å². The second-order valence-corrected chi connectivity index (χ2v) is 4.96. The highest BCUT2D eigenvalue weighted by Crippen LogP contribution is 2.12. The van der Waals surface area contributed by atoms with Crippen LogP contribution in [0.5, 0.6) is 0 Å².